The van der Waals surface area contributed by atoms with Gasteiger partial charge in [0.2, 0.25) is 5.91 Å². The molecule has 1 aliphatic heterocycles. The number of hydrogen-bond acceptors (Lipinski definition) is 5. The standard InChI is InChI=1S/C10H17NO6/c1-16-2-3-17-6-9(13)11-5-7(12)4-8(11)10(14)15/h7-8,12H,2-6H2,1H3,(H,14,15)/t7-,8+/m1/s1. The van der Waals surface area contributed by atoms with Crippen molar-refractivity contribution >= 4 is 11.9 Å². The van der Waals surface area contributed by atoms with E-state index in [2.05, 4.69) is 0 Å². The summed E-state index contributed by atoms with van der Waals surface area (Å²) in [7, 11) is 1.52. The average Bonchev–Trinajstić information content (AvgIpc) is 2.66. The van der Waals surface area contributed by atoms with Crippen LogP contribution in [0.2, 0.25) is 0 Å². The van der Waals surface area contributed by atoms with E-state index in [1.165, 1.54) is 7.11 Å². The van der Waals surface area contributed by atoms with Crippen molar-refractivity contribution < 1.29 is 29.3 Å². The molecule has 0 spiro atoms. The van der Waals surface area contributed by atoms with E-state index in [0.29, 0.717) is 6.61 Å². The SMILES string of the molecule is COCCOCC(=O)N1C[C@H](O)C[C@H]1C(=O)O. The van der Waals surface area contributed by atoms with E-state index in [4.69, 9.17) is 14.6 Å². The van der Waals surface area contributed by atoms with E-state index < -0.39 is 24.0 Å². The summed E-state index contributed by atoms with van der Waals surface area (Å²) in [6.45, 7) is 0.498. The second kappa shape index (κ2) is 6.53. The monoisotopic (exact) mass is 247 g/mol. The van der Waals surface area contributed by atoms with E-state index in [9.17, 15) is 14.7 Å². The van der Waals surface area contributed by atoms with Crippen molar-refractivity contribution in [2.24, 2.45) is 0 Å². The third kappa shape index (κ3) is 3.95. The molecule has 0 aromatic carbocycles. The van der Waals surface area contributed by atoms with Crippen LogP contribution in [0.4, 0.5) is 0 Å². The van der Waals surface area contributed by atoms with Gasteiger partial charge in [-0.2, -0.15) is 0 Å². The fourth-order valence-corrected chi connectivity index (χ4v) is 1.71. The van der Waals surface area contributed by atoms with E-state index in [0.717, 1.165) is 4.90 Å². The molecule has 1 rings (SSSR count). The Balaban J connectivity index is 2.41. The number of carbonyl (C=O) groups is 2. The van der Waals surface area contributed by atoms with Crippen LogP contribution in [0.15, 0.2) is 0 Å². The maximum atomic E-state index is 11.7. The van der Waals surface area contributed by atoms with Crippen LogP contribution in [-0.4, -0.2) is 72.6 Å². The summed E-state index contributed by atoms with van der Waals surface area (Å²) >= 11 is 0. The fourth-order valence-electron chi connectivity index (χ4n) is 1.71. The summed E-state index contributed by atoms with van der Waals surface area (Å²) in [5.74, 6) is -1.53. The summed E-state index contributed by atoms with van der Waals surface area (Å²) in [4.78, 5) is 23.7. The molecule has 0 bridgehead atoms. The Morgan fingerprint density at radius 2 is 2.12 bits per heavy atom. The lowest BCUT2D eigenvalue weighted by atomic mass is 10.2. The second-order valence-corrected chi connectivity index (χ2v) is 3.84. The quantitative estimate of drug-likeness (QED) is 0.566. The van der Waals surface area contributed by atoms with Crippen molar-refractivity contribution in [3.8, 4) is 0 Å². The Hall–Kier alpha value is -1.18. The lowest BCUT2D eigenvalue weighted by molar-refractivity contribution is -0.150. The van der Waals surface area contributed by atoms with Crippen molar-refractivity contribution in [2.45, 2.75) is 18.6 Å². The predicted octanol–water partition coefficient (Wildman–Crippen LogP) is -1.30. The number of methoxy groups -OCH3 is 1. The Bertz CT molecular complexity index is 282. The minimum absolute atomic E-state index is 0.0451. The number of nitrogens with zero attached hydrogens (tertiary/aromatic N) is 1. The number of likely N-dealkylation sites (tertiary alicyclic amines) is 1. The maximum absolute atomic E-state index is 11.7. The number of carbonyl (C=O) groups excluding carboxylic acids is 1. The molecule has 1 heterocycles. The third-order valence-electron chi connectivity index (χ3n) is 2.54. The van der Waals surface area contributed by atoms with Crippen molar-refractivity contribution in [1.29, 1.82) is 0 Å². The molecule has 0 aromatic heterocycles. The highest BCUT2D eigenvalue weighted by Crippen LogP contribution is 2.18. The number of amides is 1. The Morgan fingerprint density at radius 3 is 2.71 bits per heavy atom. The summed E-state index contributed by atoms with van der Waals surface area (Å²) < 4.78 is 9.76. The minimum atomic E-state index is -1.10. The Kier molecular flexibility index (Phi) is 5.33. The van der Waals surface area contributed by atoms with Gasteiger partial charge in [0, 0.05) is 20.1 Å². The second-order valence-electron chi connectivity index (χ2n) is 3.84. The molecule has 0 aromatic rings. The van der Waals surface area contributed by atoms with Crippen LogP contribution >= 0.6 is 0 Å². The first-order valence-corrected chi connectivity index (χ1v) is 5.33. The smallest absolute Gasteiger partial charge is 0.326 e. The van der Waals surface area contributed by atoms with Crippen LogP contribution in [0.5, 0.6) is 0 Å². The molecule has 0 radical (unpaired) electrons. The minimum Gasteiger partial charge on any atom is -0.480 e. The van der Waals surface area contributed by atoms with Gasteiger partial charge in [0.05, 0.1) is 19.3 Å². The molecular formula is C10H17NO6. The van der Waals surface area contributed by atoms with Gasteiger partial charge < -0.3 is 24.6 Å². The zero-order chi connectivity index (χ0) is 12.8. The number of aliphatic hydroxyl groups excluding tert-OH is 1. The molecule has 1 amide bonds. The first-order chi connectivity index (χ1) is 8.06. The number of aliphatic hydroxyl groups is 1. The van der Waals surface area contributed by atoms with Crippen molar-refractivity contribution in [2.75, 3.05) is 33.5 Å². The Labute approximate surface area is 98.9 Å². The number of hydrogen-bond donors (Lipinski definition) is 2. The van der Waals surface area contributed by atoms with E-state index in [-0.39, 0.29) is 26.2 Å². The van der Waals surface area contributed by atoms with Crippen LogP contribution in [-0.2, 0) is 19.1 Å². The molecule has 1 aliphatic rings. The van der Waals surface area contributed by atoms with Gasteiger partial charge >= 0.3 is 5.97 Å². The van der Waals surface area contributed by atoms with Gasteiger partial charge in [0.25, 0.3) is 0 Å². The Morgan fingerprint density at radius 1 is 1.41 bits per heavy atom. The van der Waals surface area contributed by atoms with Gasteiger partial charge in [-0.15, -0.1) is 0 Å². The van der Waals surface area contributed by atoms with Crippen LogP contribution in [0.1, 0.15) is 6.42 Å². The molecule has 1 fully saturated rings. The van der Waals surface area contributed by atoms with Crippen LogP contribution in [0, 0.1) is 0 Å². The molecule has 98 valence electrons. The molecular weight excluding hydrogens is 230 g/mol. The van der Waals surface area contributed by atoms with Gasteiger partial charge in [0.15, 0.2) is 0 Å². The van der Waals surface area contributed by atoms with E-state index >= 15 is 0 Å². The summed E-state index contributed by atoms with van der Waals surface area (Å²) in [6.07, 6.45) is -0.710. The van der Waals surface area contributed by atoms with Gasteiger partial charge in [-0.3, -0.25) is 4.79 Å². The van der Waals surface area contributed by atoms with Gasteiger partial charge in [-0.1, -0.05) is 0 Å². The zero-order valence-corrected chi connectivity index (χ0v) is 9.66. The number of aliphatic carboxylic acids is 1. The highest BCUT2D eigenvalue weighted by molar-refractivity contribution is 5.85. The fraction of sp³-hybridized carbons (Fsp3) is 0.800. The van der Waals surface area contributed by atoms with E-state index in [1.54, 1.807) is 0 Å². The number of rotatable bonds is 6. The summed E-state index contributed by atoms with van der Waals surface area (Å²) in [6, 6.07) is -0.955. The molecule has 2 atom stereocenters. The van der Waals surface area contributed by atoms with Crippen molar-refractivity contribution in [3.05, 3.63) is 0 Å². The normalized spacial score (nSPS) is 24.0. The number of carboxylic acid groups (broad SMARTS) is 1. The third-order valence-corrected chi connectivity index (χ3v) is 2.54. The molecule has 7 nitrogen and oxygen atoms in total. The van der Waals surface area contributed by atoms with Gasteiger partial charge in [-0.25, -0.2) is 4.79 Å². The van der Waals surface area contributed by atoms with Gasteiger partial charge in [0.1, 0.15) is 12.6 Å². The number of carboxylic acids is 1. The van der Waals surface area contributed by atoms with Gasteiger partial charge in [-0.05, 0) is 0 Å². The largest absolute Gasteiger partial charge is 0.480 e. The molecule has 7 heteroatoms. The first kappa shape index (κ1) is 13.9. The van der Waals surface area contributed by atoms with Crippen LogP contribution in [0.25, 0.3) is 0 Å². The van der Waals surface area contributed by atoms with Crippen LogP contribution < -0.4 is 0 Å². The lowest BCUT2D eigenvalue weighted by Gasteiger charge is -2.20. The molecule has 0 saturated carbocycles. The van der Waals surface area contributed by atoms with Crippen molar-refractivity contribution in [3.63, 3.8) is 0 Å². The van der Waals surface area contributed by atoms with E-state index in [1.807, 2.05) is 0 Å². The number of β-amino-alcohol motifs (C(OH)–C–C–N with tert-alkyl or cyclic N) is 1. The lowest BCUT2D eigenvalue weighted by Crippen LogP contribution is -2.42. The zero-order valence-electron chi connectivity index (χ0n) is 9.66. The summed E-state index contributed by atoms with van der Waals surface area (Å²) in [5, 5.41) is 18.3. The topological polar surface area (TPSA) is 96.3 Å². The first-order valence-electron chi connectivity index (χ1n) is 5.33. The maximum Gasteiger partial charge on any atom is 0.326 e. The summed E-state index contributed by atoms with van der Waals surface area (Å²) in [5.41, 5.74) is 0. The average molecular weight is 247 g/mol. The number of ether oxygens (including phenoxy) is 2. The molecule has 0 aliphatic carbocycles. The molecule has 17 heavy (non-hydrogen) atoms. The molecule has 2 N–H and O–H groups in total. The van der Waals surface area contributed by atoms with Crippen LogP contribution in [0.3, 0.4) is 0 Å². The highest BCUT2D eigenvalue weighted by Gasteiger charge is 2.38. The predicted molar refractivity (Wildman–Crippen MR) is 56.5 cm³/mol. The molecule has 0 unspecified atom stereocenters. The van der Waals surface area contributed by atoms with Crippen molar-refractivity contribution in [1.82, 2.24) is 4.90 Å². The molecule has 1 saturated heterocycles. The highest BCUT2D eigenvalue weighted by atomic mass is 16.5.